The molecule has 8 heteroatoms. The fourth-order valence-electron chi connectivity index (χ4n) is 2.69. The van der Waals surface area contributed by atoms with E-state index in [-0.39, 0.29) is 17.7 Å². The van der Waals surface area contributed by atoms with E-state index in [1.165, 1.54) is 6.92 Å². The molecule has 25 heavy (non-hydrogen) atoms. The summed E-state index contributed by atoms with van der Waals surface area (Å²) in [6.07, 6.45) is 0. The molecule has 1 aromatic heterocycles. The number of urea groups is 1. The summed E-state index contributed by atoms with van der Waals surface area (Å²) < 4.78 is 0. The Kier molecular flexibility index (Phi) is 4.51. The highest BCUT2D eigenvalue weighted by molar-refractivity contribution is 6.05. The average Bonchev–Trinajstić information content (AvgIpc) is 3.17. The minimum atomic E-state index is -0.319. The first-order valence-electron chi connectivity index (χ1n) is 8.00. The van der Waals surface area contributed by atoms with Gasteiger partial charge in [-0.25, -0.2) is 4.79 Å². The maximum Gasteiger partial charge on any atom is 0.318 e. The number of rotatable bonds is 4. The maximum absolute atomic E-state index is 12.4. The third-order valence-corrected chi connectivity index (χ3v) is 4.05. The lowest BCUT2D eigenvalue weighted by Crippen LogP contribution is -2.36. The van der Waals surface area contributed by atoms with E-state index in [1.54, 1.807) is 29.2 Å². The summed E-state index contributed by atoms with van der Waals surface area (Å²) in [7, 11) is 0. The molecule has 1 aliphatic heterocycles. The van der Waals surface area contributed by atoms with Gasteiger partial charge in [0.1, 0.15) is 0 Å². The van der Waals surface area contributed by atoms with E-state index in [0.29, 0.717) is 36.6 Å². The van der Waals surface area contributed by atoms with Crippen LogP contribution in [0.1, 0.15) is 45.8 Å². The third kappa shape index (κ3) is 3.37. The van der Waals surface area contributed by atoms with Crippen molar-refractivity contribution in [2.45, 2.75) is 26.9 Å². The minimum Gasteiger partial charge on any atom is -0.338 e. The fraction of sp³-hybridized carbons (Fsp3) is 0.294. The van der Waals surface area contributed by atoms with Crippen LogP contribution in [-0.4, -0.2) is 39.4 Å². The van der Waals surface area contributed by atoms with Gasteiger partial charge in [-0.1, -0.05) is 12.1 Å². The molecular weight excluding hydrogens is 322 g/mol. The average molecular weight is 341 g/mol. The molecule has 3 rings (SSSR count). The molecule has 1 aliphatic rings. The van der Waals surface area contributed by atoms with Gasteiger partial charge < -0.3 is 15.5 Å². The Morgan fingerprint density at radius 2 is 1.84 bits per heavy atom. The van der Waals surface area contributed by atoms with Gasteiger partial charge in [0.25, 0.3) is 5.91 Å². The van der Waals surface area contributed by atoms with E-state index >= 15 is 0 Å². The normalized spacial score (nSPS) is 12.6. The summed E-state index contributed by atoms with van der Waals surface area (Å²) >= 11 is 0. The number of nitrogens with zero attached hydrogens (tertiary/aromatic N) is 2. The van der Waals surface area contributed by atoms with Crippen molar-refractivity contribution in [1.29, 1.82) is 0 Å². The first-order chi connectivity index (χ1) is 12.0. The van der Waals surface area contributed by atoms with Crippen LogP contribution in [0.25, 0.3) is 0 Å². The number of benzene rings is 1. The molecule has 0 radical (unpaired) electrons. The molecule has 0 atom stereocenters. The van der Waals surface area contributed by atoms with Gasteiger partial charge >= 0.3 is 6.03 Å². The summed E-state index contributed by atoms with van der Waals surface area (Å²) in [5, 5.41) is 12.5. The van der Waals surface area contributed by atoms with Crippen molar-refractivity contribution in [3.63, 3.8) is 0 Å². The van der Waals surface area contributed by atoms with Gasteiger partial charge in [-0.05, 0) is 26.0 Å². The van der Waals surface area contributed by atoms with Crippen molar-refractivity contribution in [1.82, 2.24) is 20.4 Å². The molecule has 0 saturated heterocycles. The Balaban J connectivity index is 1.70. The number of Topliss-reactive ketones (excluding diaryl/α,β-unsaturated/α-hetero) is 1. The van der Waals surface area contributed by atoms with Crippen LogP contribution in [0.4, 0.5) is 10.6 Å². The summed E-state index contributed by atoms with van der Waals surface area (Å²) in [5.74, 6) is 0.0471. The minimum absolute atomic E-state index is 0.0532. The lowest BCUT2D eigenvalue weighted by atomic mass is 10.1. The summed E-state index contributed by atoms with van der Waals surface area (Å²) in [4.78, 5) is 37.2. The van der Waals surface area contributed by atoms with E-state index in [9.17, 15) is 14.4 Å². The molecule has 2 heterocycles. The van der Waals surface area contributed by atoms with Crippen LogP contribution in [-0.2, 0) is 13.1 Å². The van der Waals surface area contributed by atoms with E-state index in [0.717, 1.165) is 11.3 Å². The molecule has 0 spiro atoms. The molecule has 0 saturated carbocycles. The van der Waals surface area contributed by atoms with Crippen LogP contribution < -0.4 is 10.6 Å². The number of carbonyl (C=O) groups is 3. The van der Waals surface area contributed by atoms with Crippen LogP contribution in [0.3, 0.4) is 0 Å². The van der Waals surface area contributed by atoms with Crippen molar-refractivity contribution in [2.24, 2.45) is 0 Å². The highest BCUT2D eigenvalue weighted by Crippen LogP contribution is 2.27. The van der Waals surface area contributed by atoms with E-state index in [4.69, 9.17) is 0 Å². The largest absolute Gasteiger partial charge is 0.338 e. The van der Waals surface area contributed by atoms with E-state index in [1.807, 2.05) is 6.92 Å². The first kappa shape index (κ1) is 16.7. The number of aromatic amines is 1. The van der Waals surface area contributed by atoms with Crippen molar-refractivity contribution in [3.8, 4) is 0 Å². The molecule has 3 amide bonds. The molecule has 0 unspecified atom stereocenters. The Morgan fingerprint density at radius 3 is 2.48 bits per heavy atom. The van der Waals surface area contributed by atoms with E-state index < -0.39 is 0 Å². The Labute approximate surface area is 144 Å². The number of H-pyrrole nitrogens is 1. The van der Waals surface area contributed by atoms with Gasteiger partial charge in [-0.2, -0.15) is 5.10 Å². The number of amides is 3. The molecule has 130 valence electrons. The first-order valence-corrected chi connectivity index (χ1v) is 8.00. The molecule has 0 bridgehead atoms. The Morgan fingerprint density at radius 1 is 1.16 bits per heavy atom. The zero-order valence-corrected chi connectivity index (χ0v) is 14.0. The van der Waals surface area contributed by atoms with Gasteiger partial charge in [-0.15, -0.1) is 0 Å². The molecule has 0 aliphatic carbocycles. The molecule has 8 nitrogen and oxygen atoms in total. The number of carbonyl (C=O) groups excluding carboxylic acids is 3. The summed E-state index contributed by atoms with van der Waals surface area (Å²) in [6, 6.07) is 6.27. The monoisotopic (exact) mass is 341 g/mol. The van der Waals surface area contributed by atoms with E-state index in [2.05, 4.69) is 20.8 Å². The molecule has 1 aromatic carbocycles. The second kappa shape index (κ2) is 6.76. The van der Waals surface area contributed by atoms with Crippen LogP contribution >= 0.6 is 0 Å². The van der Waals surface area contributed by atoms with Crippen LogP contribution in [0.15, 0.2) is 24.3 Å². The number of ketones is 1. The second-order valence-corrected chi connectivity index (χ2v) is 5.81. The van der Waals surface area contributed by atoms with Gasteiger partial charge in [0.05, 0.1) is 18.8 Å². The second-order valence-electron chi connectivity index (χ2n) is 5.81. The van der Waals surface area contributed by atoms with Crippen molar-refractivity contribution < 1.29 is 14.4 Å². The van der Waals surface area contributed by atoms with Gasteiger partial charge in [0.2, 0.25) is 0 Å². The van der Waals surface area contributed by atoms with Crippen molar-refractivity contribution in [2.75, 3.05) is 11.9 Å². The standard InChI is InChI=1S/C17H19N5O3/c1-3-18-17(25)22-8-13-14(9-22)20-21-15(13)19-16(24)12-6-4-11(5-7-12)10(2)23/h4-7H,3,8-9H2,1-2H3,(H,18,25)(H2,19,20,21,24). The highest BCUT2D eigenvalue weighted by atomic mass is 16.2. The Bertz CT molecular complexity index is 825. The number of aromatic nitrogens is 2. The molecule has 0 fully saturated rings. The van der Waals surface area contributed by atoms with Crippen LogP contribution in [0, 0.1) is 0 Å². The van der Waals surface area contributed by atoms with Gasteiger partial charge in [0.15, 0.2) is 11.6 Å². The SMILES string of the molecule is CCNC(=O)N1Cc2[nH]nc(NC(=O)c3ccc(C(C)=O)cc3)c2C1. The molecular formula is C17H19N5O3. The van der Waals surface area contributed by atoms with Crippen molar-refractivity contribution in [3.05, 3.63) is 46.6 Å². The lowest BCUT2D eigenvalue weighted by molar-refractivity contribution is 0.100. The van der Waals surface area contributed by atoms with Gasteiger partial charge in [0, 0.05) is 23.2 Å². The number of anilines is 1. The van der Waals surface area contributed by atoms with Gasteiger partial charge in [-0.3, -0.25) is 14.7 Å². The highest BCUT2D eigenvalue weighted by Gasteiger charge is 2.28. The van der Waals surface area contributed by atoms with Crippen LogP contribution in [0.2, 0.25) is 0 Å². The maximum atomic E-state index is 12.4. The topological polar surface area (TPSA) is 107 Å². The molecule has 3 N–H and O–H groups in total. The lowest BCUT2D eigenvalue weighted by Gasteiger charge is -2.15. The van der Waals surface area contributed by atoms with Crippen molar-refractivity contribution >= 4 is 23.5 Å². The fourth-order valence-corrected chi connectivity index (χ4v) is 2.69. The third-order valence-electron chi connectivity index (χ3n) is 4.05. The number of hydrogen-bond acceptors (Lipinski definition) is 4. The predicted molar refractivity (Wildman–Crippen MR) is 91.3 cm³/mol. The molecule has 2 aromatic rings. The smallest absolute Gasteiger partial charge is 0.318 e. The zero-order chi connectivity index (χ0) is 18.0. The number of fused-ring (bicyclic) bond motifs is 1. The Hall–Kier alpha value is -3.16. The van der Waals surface area contributed by atoms with Crippen LogP contribution in [0.5, 0.6) is 0 Å². The summed E-state index contributed by atoms with van der Waals surface area (Å²) in [5.41, 5.74) is 2.60. The zero-order valence-electron chi connectivity index (χ0n) is 14.0. The number of nitrogens with one attached hydrogen (secondary N) is 3. The number of hydrogen-bond donors (Lipinski definition) is 3. The predicted octanol–water partition coefficient (Wildman–Crippen LogP) is 1.91. The summed E-state index contributed by atoms with van der Waals surface area (Å²) in [6.45, 7) is 4.70. The quantitative estimate of drug-likeness (QED) is 0.738.